The summed E-state index contributed by atoms with van der Waals surface area (Å²) in [7, 11) is 0. The summed E-state index contributed by atoms with van der Waals surface area (Å²) in [5, 5.41) is 10.3. The SMILES string of the molecule is Cc1[nH]ncc1CNC(=O)c1cc2cc(N)ccc2o1. The van der Waals surface area contributed by atoms with E-state index in [0.717, 1.165) is 16.6 Å². The maximum Gasteiger partial charge on any atom is 0.287 e. The minimum Gasteiger partial charge on any atom is -0.451 e. The number of carbonyl (C=O) groups excluding carboxylic acids is 1. The number of H-pyrrole nitrogens is 1. The summed E-state index contributed by atoms with van der Waals surface area (Å²) in [6, 6.07) is 6.95. The fraction of sp³-hybridized carbons (Fsp3) is 0.143. The molecule has 0 radical (unpaired) electrons. The van der Waals surface area contributed by atoms with Crippen molar-refractivity contribution in [2.45, 2.75) is 13.5 Å². The summed E-state index contributed by atoms with van der Waals surface area (Å²) < 4.78 is 5.49. The number of hydrogen-bond acceptors (Lipinski definition) is 4. The van der Waals surface area contributed by atoms with Gasteiger partial charge in [0.05, 0.1) is 6.20 Å². The van der Waals surface area contributed by atoms with Crippen molar-refractivity contribution >= 4 is 22.6 Å². The van der Waals surface area contributed by atoms with Crippen molar-refractivity contribution in [1.29, 1.82) is 0 Å². The highest BCUT2D eigenvalue weighted by Crippen LogP contribution is 2.21. The van der Waals surface area contributed by atoms with E-state index in [-0.39, 0.29) is 11.7 Å². The fourth-order valence-corrected chi connectivity index (χ4v) is 1.99. The second-order valence-corrected chi connectivity index (χ2v) is 4.61. The number of anilines is 1. The lowest BCUT2D eigenvalue weighted by atomic mass is 10.2. The van der Waals surface area contributed by atoms with Crippen LogP contribution in [-0.2, 0) is 6.54 Å². The molecule has 0 saturated heterocycles. The number of nitrogen functional groups attached to an aromatic ring is 1. The number of aryl methyl sites for hydroxylation is 1. The third-order valence-corrected chi connectivity index (χ3v) is 3.14. The monoisotopic (exact) mass is 270 g/mol. The quantitative estimate of drug-likeness (QED) is 0.634. The molecule has 3 rings (SSSR count). The number of furan rings is 1. The van der Waals surface area contributed by atoms with Crippen molar-refractivity contribution in [3.05, 3.63) is 47.5 Å². The fourth-order valence-electron chi connectivity index (χ4n) is 1.99. The number of nitrogens with zero attached hydrogens (tertiary/aromatic N) is 1. The Morgan fingerprint density at radius 2 is 2.30 bits per heavy atom. The molecule has 0 fully saturated rings. The van der Waals surface area contributed by atoms with E-state index in [1.165, 1.54) is 0 Å². The van der Waals surface area contributed by atoms with Gasteiger partial charge in [0, 0.05) is 28.9 Å². The van der Waals surface area contributed by atoms with Crippen LogP contribution in [0, 0.1) is 6.92 Å². The first kappa shape index (κ1) is 12.3. The van der Waals surface area contributed by atoms with Crippen molar-refractivity contribution in [3.63, 3.8) is 0 Å². The number of hydrogen-bond donors (Lipinski definition) is 3. The molecule has 0 aliphatic carbocycles. The highest BCUT2D eigenvalue weighted by atomic mass is 16.3. The zero-order valence-corrected chi connectivity index (χ0v) is 10.9. The number of rotatable bonds is 3. The van der Waals surface area contributed by atoms with Crippen LogP contribution < -0.4 is 11.1 Å². The predicted octanol–water partition coefficient (Wildman–Crippen LogP) is 1.98. The molecule has 1 aromatic carbocycles. The van der Waals surface area contributed by atoms with Gasteiger partial charge in [-0.05, 0) is 31.2 Å². The molecule has 0 unspecified atom stereocenters. The lowest BCUT2D eigenvalue weighted by molar-refractivity contribution is 0.0925. The predicted molar refractivity (Wildman–Crippen MR) is 75.1 cm³/mol. The molecule has 2 aromatic heterocycles. The molecule has 3 aromatic rings. The zero-order valence-electron chi connectivity index (χ0n) is 10.9. The van der Waals surface area contributed by atoms with E-state index in [9.17, 15) is 4.79 Å². The summed E-state index contributed by atoms with van der Waals surface area (Å²) in [4.78, 5) is 12.0. The average molecular weight is 270 g/mol. The number of fused-ring (bicyclic) bond motifs is 1. The number of aromatic amines is 1. The maximum absolute atomic E-state index is 12.0. The van der Waals surface area contributed by atoms with Crippen LogP contribution in [0.4, 0.5) is 5.69 Å². The lowest BCUT2D eigenvalue weighted by Crippen LogP contribution is -2.22. The first-order valence-electron chi connectivity index (χ1n) is 6.19. The molecule has 0 spiro atoms. The van der Waals surface area contributed by atoms with Crippen molar-refractivity contribution in [2.75, 3.05) is 5.73 Å². The minimum atomic E-state index is -0.264. The number of carbonyl (C=O) groups is 1. The molecule has 0 aliphatic heterocycles. The van der Waals surface area contributed by atoms with Crippen LogP contribution in [0.3, 0.4) is 0 Å². The molecule has 0 atom stereocenters. The Morgan fingerprint density at radius 1 is 1.45 bits per heavy atom. The van der Waals surface area contributed by atoms with Crippen molar-refractivity contribution in [3.8, 4) is 0 Å². The van der Waals surface area contributed by atoms with Gasteiger partial charge in [0.15, 0.2) is 5.76 Å². The first-order valence-corrected chi connectivity index (χ1v) is 6.19. The van der Waals surface area contributed by atoms with E-state index in [0.29, 0.717) is 17.8 Å². The number of aromatic nitrogens is 2. The summed E-state index contributed by atoms with van der Waals surface area (Å²) in [6.45, 7) is 2.30. The molecular weight excluding hydrogens is 256 g/mol. The smallest absolute Gasteiger partial charge is 0.287 e. The van der Waals surface area contributed by atoms with Gasteiger partial charge in [0.2, 0.25) is 0 Å². The van der Waals surface area contributed by atoms with Gasteiger partial charge in [-0.2, -0.15) is 5.10 Å². The van der Waals surface area contributed by atoms with Gasteiger partial charge in [0.1, 0.15) is 5.58 Å². The third kappa shape index (κ3) is 2.23. The normalized spacial score (nSPS) is 10.8. The van der Waals surface area contributed by atoms with Crippen molar-refractivity contribution in [1.82, 2.24) is 15.5 Å². The molecule has 1 amide bonds. The standard InChI is InChI=1S/C14H14N4O2/c1-8-10(7-17-18-8)6-16-14(19)13-5-9-4-11(15)2-3-12(9)20-13/h2-5,7H,6,15H2,1H3,(H,16,19)(H,17,18). The zero-order chi connectivity index (χ0) is 14.1. The summed E-state index contributed by atoms with van der Waals surface area (Å²) >= 11 is 0. The Hall–Kier alpha value is -2.76. The molecule has 2 heterocycles. The maximum atomic E-state index is 12.0. The largest absolute Gasteiger partial charge is 0.451 e. The topological polar surface area (TPSA) is 96.9 Å². The van der Waals surface area contributed by atoms with Crippen LogP contribution in [0.2, 0.25) is 0 Å². The van der Waals surface area contributed by atoms with E-state index >= 15 is 0 Å². The number of nitrogens with two attached hydrogens (primary N) is 1. The van der Waals surface area contributed by atoms with Crippen LogP contribution >= 0.6 is 0 Å². The molecule has 102 valence electrons. The van der Waals surface area contributed by atoms with E-state index in [1.54, 1.807) is 30.5 Å². The van der Waals surface area contributed by atoms with Crippen LogP contribution in [0.25, 0.3) is 11.0 Å². The second-order valence-electron chi connectivity index (χ2n) is 4.61. The number of amides is 1. The summed E-state index contributed by atoms with van der Waals surface area (Å²) in [5.41, 5.74) is 8.85. The number of nitrogens with one attached hydrogen (secondary N) is 2. The van der Waals surface area contributed by atoms with E-state index in [2.05, 4.69) is 15.5 Å². The first-order chi connectivity index (χ1) is 9.63. The van der Waals surface area contributed by atoms with Gasteiger partial charge in [0.25, 0.3) is 5.91 Å². The highest BCUT2D eigenvalue weighted by Gasteiger charge is 2.12. The minimum absolute atomic E-state index is 0.264. The Balaban J connectivity index is 1.77. The Morgan fingerprint density at radius 3 is 3.05 bits per heavy atom. The van der Waals surface area contributed by atoms with E-state index in [1.807, 2.05) is 6.92 Å². The molecule has 6 heteroatoms. The van der Waals surface area contributed by atoms with E-state index in [4.69, 9.17) is 10.2 Å². The average Bonchev–Trinajstić information content (AvgIpc) is 3.01. The van der Waals surface area contributed by atoms with Crippen LogP contribution in [0.1, 0.15) is 21.8 Å². The Kier molecular flexibility index (Phi) is 2.90. The van der Waals surface area contributed by atoms with Crippen LogP contribution in [0.15, 0.2) is 34.9 Å². The van der Waals surface area contributed by atoms with Crippen molar-refractivity contribution in [2.24, 2.45) is 0 Å². The Labute approximate surface area is 115 Å². The molecule has 6 nitrogen and oxygen atoms in total. The van der Waals surface area contributed by atoms with Gasteiger partial charge < -0.3 is 15.5 Å². The second kappa shape index (κ2) is 4.73. The lowest BCUT2D eigenvalue weighted by Gasteiger charge is -2.01. The number of benzene rings is 1. The van der Waals surface area contributed by atoms with Gasteiger partial charge in [-0.3, -0.25) is 9.89 Å². The van der Waals surface area contributed by atoms with Crippen LogP contribution in [0.5, 0.6) is 0 Å². The molecule has 0 bridgehead atoms. The van der Waals surface area contributed by atoms with Crippen LogP contribution in [-0.4, -0.2) is 16.1 Å². The summed E-state index contributed by atoms with van der Waals surface area (Å²) in [5.74, 6) is 0.00659. The van der Waals surface area contributed by atoms with Gasteiger partial charge in [-0.1, -0.05) is 0 Å². The molecule has 20 heavy (non-hydrogen) atoms. The summed E-state index contributed by atoms with van der Waals surface area (Å²) in [6.07, 6.45) is 1.69. The highest BCUT2D eigenvalue weighted by molar-refractivity contribution is 5.96. The molecule has 0 saturated carbocycles. The third-order valence-electron chi connectivity index (χ3n) is 3.14. The van der Waals surface area contributed by atoms with E-state index < -0.39 is 0 Å². The Bertz CT molecular complexity index is 772. The van der Waals surface area contributed by atoms with Gasteiger partial charge in [-0.25, -0.2) is 0 Å². The molecular formula is C14H14N4O2. The molecule has 4 N–H and O–H groups in total. The van der Waals surface area contributed by atoms with Gasteiger partial charge in [-0.15, -0.1) is 0 Å². The van der Waals surface area contributed by atoms with Crippen molar-refractivity contribution < 1.29 is 9.21 Å². The molecule has 0 aliphatic rings. The van der Waals surface area contributed by atoms with Gasteiger partial charge >= 0.3 is 0 Å².